The predicted molar refractivity (Wildman–Crippen MR) is 52.6 cm³/mol. The van der Waals surface area contributed by atoms with Crippen molar-refractivity contribution in [2.24, 2.45) is 0 Å². The standard InChI is InChI=1S/C10H7ClO3/c11-8-3-6-1-2-14-10(6)7(4-8)5-9(12)13/h1-4H,5H2,(H,12,13). The van der Waals surface area contributed by atoms with Crippen molar-refractivity contribution in [3.8, 4) is 0 Å². The molecule has 0 atom stereocenters. The lowest BCUT2D eigenvalue weighted by Crippen LogP contribution is -2.00. The smallest absolute Gasteiger partial charge is 0.307 e. The third-order valence-electron chi connectivity index (χ3n) is 1.93. The summed E-state index contributed by atoms with van der Waals surface area (Å²) in [6.07, 6.45) is 1.44. The zero-order valence-electron chi connectivity index (χ0n) is 7.16. The summed E-state index contributed by atoms with van der Waals surface area (Å²) in [5.41, 5.74) is 1.20. The molecule has 0 aliphatic carbocycles. The summed E-state index contributed by atoms with van der Waals surface area (Å²) < 4.78 is 5.18. The fourth-order valence-corrected chi connectivity index (χ4v) is 1.66. The van der Waals surface area contributed by atoms with E-state index in [0.29, 0.717) is 16.2 Å². The van der Waals surface area contributed by atoms with Crippen LogP contribution >= 0.6 is 11.6 Å². The van der Waals surface area contributed by atoms with Crippen LogP contribution in [0.25, 0.3) is 11.0 Å². The van der Waals surface area contributed by atoms with Gasteiger partial charge in [-0.15, -0.1) is 0 Å². The average Bonchev–Trinajstić information content (AvgIpc) is 2.50. The highest BCUT2D eigenvalue weighted by atomic mass is 35.5. The van der Waals surface area contributed by atoms with Crippen LogP contribution in [0.5, 0.6) is 0 Å². The fourth-order valence-electron chi connectivity index (χ4n) is 1.41. The van der Waals surface area contributed by atoms with Gasteiger partial charge in [-0.25, -0.2) is 0 Å². The number of hydrogen-bond donors (Lipinski definition) is 1. The Bertz CT molecular complexity index is 487. The molecule has 4 heteroatoms. The normalized spacial score (nSPS) is 10.6. The number of carbonyl (C=O) groups is 1. The van der Waals surface area contributed by atoms with Gasteiger partial charge in [0, 0.05) is 16.0 Å². The second-order valence-electron chi connectivity index (χ2n) is 2.97. The molecular weight excluding hydrogens is 204 g/mol. The lowest BCUT2D eigenvalue weighted by molar-refractivity contribution is -0.136. The van der Waals surface area contributed by atoms with E-state index in [0.717, 1.165) is 5.39 Å². The van der Waals surface area contributed by atoms with Gasteiger partial charge in [0.05, 0.1) is 12.7 Å². The Morgan fingerprint density at radius 1 is 1.50 bits per heavy atom. The number of fused-ring (bicyclic) bond motifs is 1. The lowest BCUT2D eigenvalue weighted by Gasteiger charge is -1.99. The van der Waals surface area contributed by atoms with Crippen LogP contribution in [0.3, 0.4) is 0 Å². The first-order valence-electron chi connectivity index (χ1n) is 4.04. The Morgan fingerprint density at radius 2 is 2.29 bits per heavy atom. The first-order valence-corrected chi connectivity index (χ1v) is 4.42. The SMILES string of the molecule is O=C(O)Cc1cc(Cl)cc2ccoc12. The van der Waals surface area contributed by atoms with Crippen LogP contribution in [0.4, 0.5) is 0 Å². The molecule has 1 N–H and O–H groups in total. The van der Waals surface area contributed by atoms with Crippen molar-refractivity contribution in [2.45, 2.75) is 6.42 Å². The number of hydrogen-bond acceptors (Lipinski definition) is 2. The predicted octanol–water partition coefficient (Wildman–Crippen LogP) is 2.71. The molecule has 2 rings (SSSR count). The highest BCUT2D eigenvalue weighted by Gasteiger charge is 2.09. The summed E-state index contributed by atoms with van der Waals surface area (Å²) >= 11 is 5.83. The zero-order chi connectivity index (χ0) is 10.1. The molecule has 0 radical (unpaired) electrons. The van der Waals surface area contributed by atoms with Gasteiger partial charge in [0.15, 0.2) is 0 Å². The molecule has 3 nitrogen and oxygen atoms in total. The topological polar surface area (TPSA) is 50.4 Å². The number of furan rings is 1. The van der Waals surface area contributed by atoms with Gasteiger partial charge in [-0.3, -0.25) is 4.79 Å². The quantitative estimate of drug-likeness (QED) is 0.829. The van der Waals surface area contributed by atoms with Gasteiger partial charge in [0.1, 0.15) is 5.58 Å². The number of rotatable bonds is 2. The number of carboxylic acids is 1. The Labute approximate surface area is 84.9 Å². The van der Waals surface area contributed by atoms with Gasteiger partial charge in [0.25, 0.3) is 0 Å². The zero-order valence-corrected chi connectivity index (χ0v) is 7.91. The molecular formula is C10H7ClO3. The maximum Gasteiger partial charge on any atom is 0.307 e. The summed E-state index contributed by atoms with van der Waals surface area (Å²) in [6, 6.07) is 5.11. The summed E-state index contributed by atoms with van der Waals surface area (Å²) in [4.78, 5) is 10.6. The molecule has 0 aliphatic rings. The number of benzene rings is 1. The second kappa shape index (κ2) is 3.35. The Hall–Kier alpha value is -1.48. The van der Waals surface area contributed by atoms with E-state index in [1.54, 1.807) is 18.2 Å². The molecule has 1 aromatic carbocycles. The molecule has 0 unspecified atom stereocenters. The van der Waals surface area contributed by atoms with Crippen molar-refractivity contribution in [1.29, 1.82) is 0 Å². The molecule has 14 heavy (non-hydrogen) atoms. The van der Waals surface area contributed by atoms with Crippen molar-refractivity contribution in [3.05, 3.63) is 35.0 Å². The minimum atomic E-state index is -0.898. The molecule has 0 spiro atoms. The van der Waals surface area contributed by atoms with E-state index in [9.17, 15) is 4.79 Å². The van der Waals surface area contributed by atoms with E-state index < -0.39 is 5.97 Å². The molecule has 0 saturated carbocycles. The third kappa shape index (κ3) is 1.59. The van der Waals surface area contributed by atoms with Crippen LogP contribution in [0.15, 0.2) is 28.9 Å². The van der Waals surface area contributed by atoms with Crippen molar-refractivity contribution >= 4 is 28.5 Å². The van der Waals surface area contributed by atoms with Crippen molar-refractivity contribution in [3.63, 3.8) is 0 Å². The van der Waals surface area contributed by atoms with Crippen LogP contribution in [-0.4, -0.2) is 11.1 Å². The largest absolute Gasteiger partial charge is 0.481 e. The van der Waals surface area contributed by atoms with E-state index in [1.807, 2.05) is 0 Å². The highest BCUT2D eigenvalue weighted by Crippen LogP contribution is 2.25. The second-order valence-corrected chi connectivity index (χ2v) is 3.41. The summed E-state index contributed by atoms with van der Waals surface area (Å²) in [7, 11) is 0. The lowest BCUT2D eigenvalue weighted by atomic mass is 10.1. The first kappa shape index (κ1) is 9.09. The van der Waals surface area contributed by atoms with Crippen LogP contribution in [-0.2, 0) is 11.2 Å². The van der Waals surface area contributed by atoms with Crippen LogP contribution in [0.1, 0.15) is 5.56 Å². The van der Waals surface area contributed by atoms with E-state index >= 15 is 0 Å². The van der Waals surface area contributed by atoms with E-state index in [-0.39, 0.29) is 6.42 Å². The van der Waals surface area contributed by atoms with E-state index in [1.165, 1.54) is 6.26 Å². The Morgan fingerprint density at radius 3 is 3.00 bits per heavy atom. The summed E-state index contributed by atoms with van der Waals surface area (Å²) in [5.74, 6) is -0.898. The van der Waals surface area contributed by atoms with Crippen LogP contribution in [0.2, 0.25) is 5.02 Å². The first-order chi connectivity index (χ1) is 6.66. The molecule has 0 aliphatic heterocycles. The van der Waals surface area contributed by atoms with Crippen molar-refractivity contribution in [1.82, 2.24) is 0 Å². The van der Waals surface area contributed by atoms with Gasteiger partial charge in [-0.05, 0) is 18.2 Å². The summed E-state index contributed by atoms with van der Waals surface area (Å²) in [5, 5.41) is 10.0. The monoisotopic (exact) mass is 210 g/mol. The maximum absolute atomic E-state index is 10.6. The molecule has 1 heterocycles. The van der Waals surface area contributed by atoms with E-state index in [2.05, 4.69) is 0 Å². The number of aliphatic carboxylic acids is 1. The molecule has 1 aromatic heterocycles. The van der Waals surface area contributed by atoms with Crippen LogP contribution in [0, 0.1) is 0 Å². The molecule has 0 saturated heterocycles. The van der Waals surface area contributed by atoms with Gasteiger partial charge in [-0.1, -0.05) is 11.6 Å². The van der Waals surface area contributed by atoms with Crippen molar-refractivity contribution < 1.29 is 14.3 Å². The minimum Gasteiger partial charge on any atom is -0.481 e. The maximum atomic E-state index is 10.6. The minimum absolute atomic E-state index is 0.0788. The third-order valence-corrected chi connectivity index (χ3v) is 2.15. The van der Waals surface area contributed by atoms with Crippen molar-refractivity contribution in [2.75, 3.05) is 0 Å². The highest BCUT2D eigenvalue weighted by molar-refractivity contribution is 6.31. The molecule has 0 bridgehead atoms. The fraction of sp³-hybridized carbons (Fsp3) is 0.100. The molecule has 2 aromatic rings. The number of carboxylic acid groups (broad SMARTS) is 1. The molecule has 0 fully saturated rings. The summed E-state index contributed by atoms with van der Waals surface area (Å²) in [6.45, 7) is 0. The Kier molecular flexibility index (Phi) is 2.17. The van der Waals surface area contributed by atoms with Gasteiger partial charge in [0.2, 0.25) is 0 Å². The average molecular weight is 211 g/mol. The number of halogens is 1. The molecule has 72 valence electrons. The van der Waals surface area contributed by atoms with Gasteiger partial charge >= 0.3 is 5.97 Å². The molecule has 0 amide bonds. The van der Waals surface area contributed by atoms with Gasteiger partial charge < -0.3 is 9.52 Å². The van der Waals surface area contributed by atoms with E-state index in [4.69, 9.17) is 21.1 Å². The Balaban J connectivity index is 2.60. The van der Waals surface area contributed by atoms with Gasteiger partial charge in [-0.2, -0.15) is 0 Å². The van der Waals surface area contributed by atoms with Crippen LogP contribution < -0.4 is 0 Å².